The van der Waals surface area contributed by atoms with E-state index in [9.17, 15) is 0 Å². The Morgan fingerprint density at radius 1 is 0.222 bits per heavy atom. The summed E-state index contributed by atoms with van der Waals surface area (Å²) in [6, 6.07) is 100. The van der Waals surface area contributed by atoms with Crippen LogP contribution in [0.4, 0.5) is 0 Å². The predicted molar refractivity (Wildman–Crippen MR) is 382 cm³/mol. The van der Waals surface area contributed by atoms with E-state index < -0.39 is 0 Å². The third kappa shape index (κ3) is 8.03. The molecule has 0 aliphatic heterocycles. The van der Waals surface area contributed by atoms with Crippen LogP contribution in [-0.2, 0) is 10.8 Å². The lowest BCUT2D eigenvalue weighted by Crippen LogP contribution is -2.15. The highest BCUT2D eigenvalue weighted by Gasteiger charge is 2.39. The molecule has 0 saturated carbocycles. The van der Waals surface area contributed by atoms with Crippen molar-refractivity contribution >= 4 is 64.6 Å². The van der Waals surface area contributed by atoms with E-state index in [1.54, 1.807) is 0 Å². The summed E-state index contributed by atoms with van der Waals surface area (Å²) in [5.74, 6) is 1.78. The first-order valence-corrected chi connectivity index (χ1v) is 32.0. The smallest absolute Gasteiger partial charge is 0.119 e. The molecule has 0 bridgehead atoms. The maximum atomic E-state index is 5.90. The van der Waals surface area contributed by atoms with E-state index in [-0.39, 0.29) is 10.8 Å². The van der Waals surface area contributed by atoms with Gasteiger partial charge in [0.1, 0.15) is 11.5 Å². The Balaban J connectivity index is 0.737. The highest BCUT2D eigenvalue weighted by Crippen LogP contribution is 2.56. The maximum Gasteiger partial charge on any atom is 0.119 e. The summed E-state index contributed by atoms with van der Waals surface area (Å²) in [5.41, 5.74) is 25.2. The van der Waals surface area contributed by atoms with Gasteiger partial charge in [0.25, 0.3) is 0 Å². The van der Waals surface area contributed by atoms with E-state index >= 15 is 0 Å². The SMILES string of the molecule is CCOc1ccc(-c2c3ccccc3c(-c3ccc4c(c3)C(C)(C)c3cc(-c5ccc6c(c5)C(C)(C)c5cc(-c7c8ccccc8c(-c8c9ccccc9c(-c9ccc(OCC)cc9)c9ccccc89)c8ccccc78)ccc5-6)ccc3-4)c3ccccc23)cc1. The van der Waals surface area contributed by atoms with Gasteiger partial charge in [-0.15, -0.1) is 0 Å². The highest BCUT2D eigenvalue weighted by molar-refractivity contribution is 6.30. The molecule has 15 aromatic carbocycles. The van der Waals surface area contributed by atoms with Crippen molar-refractivity contribution < 1.29 is 9.47 Å². The molecule has 0 fully saturated rings. The average Bonchev–Trinajstić information content (AvgIpc) is 1.08. The van der Waals surface area contributed by atoms with Crippen molar-refractivity contribution in [1.29, 1.82) is 0 Å². The minimum atomic E-state index is -0.255. The van der Waals surface area contributed by atoms with E-state index in [4.69, 9.17) is 9.47 Å². The van der Waals surface area contributed by atoms with E-state index in [1.165, 1.54) is 176 Å². The van der Waals surface area contributed by atoms with Gasteiger partial charge in [-0.2, -0.15) is 0 Å². The lowest BCUT2D eigenvalue weighted by molar-refractivity contribution is 0.340. The second-order valence-electron chi connectivity index (χ2n) is 25.7. The molecule has 17 rings (SSSR count). The van der Waals surface area contributed by atoms with Gasteiger partial charge in [-0.1, -0.05) is 246 Å². The van der Waals surface area contributed by atoms with Crippen molar-refractivity contribution in [3.63, 3.8) is 0 Å². The number of benzene rings is 15. The Hall–Kier alpha value is -10.5. The first-order chi connectivity index (χ1) is 44.1. The molecular formula is C88H66O2. The summed E-state index contributed by atoms with van der Waals surface area (Å²) in [7, 11) is 0. The van der Waals surface area contributed by atoms with Crippen molar-refractivity contribution in [2.75, 3.05) is 13.2 Å². The molecule has 0 heterocycles. The standard InChI is InChI=1S/C88H66O2/c1-7-89-59-41-33-53(34-42-59)81-65-21-9-11-23-67(65)83(68-24-12-10-22-66(68)81)57-39-47-63-61-45-37-55(49-77(61)87(3,4)79(63)51-57)56-38-46-62-64-48-40-58(52-80(64)88(5,6)78(62)50-56)84-71-27-15-19-31-75(71)86(76-32-20-16-28-72(76)84)85-73-29-17-13-25-69(73)82(70-26-14-18-30-74(70)85)54-35-43-60(44-36-54)90-8-2/h9-52H,7-8H2,1-6H3. The summed E-state index contributed by atoms with van der Waals surface area (Å²) in [6.45, 7) is 15.0. The number of hydrogen-bond acceptors (Lipinski definition) is 2. The number of hydrogen-bond donors (Lipinski definition) is 0. The van der Waals surface area contributed by atoms with E-state index in [1.807, 2.05) is 13.8 Å². The molecule has 0 spiro atoms. The molecule has 2 heteroatoms. The molecule has 2 aliphatic rings. The van der Waals surface area contributed by atoms with Crippen molar-refractivity contribution in [2.24, 2.45) is 0 Å². The zero-order valence-electron chi connectivity index (χ0n) is 51.6. The summed E-state index contributed by atoms with van der Waals surface area (Å²) in [6.07, 6.45) is 0. The molecule has 90 heavy (non-hydrogen) atoms. The third-order valence-electron chi connectivity index (χ3n) is 20.2. The van der Waals surface area contributed by atoms with Crippen molar-refractivity contribution in [2.45, 2.75) is 52.4 Å². The van der Waals surface area contributed by atoms with Crippen molar-refractivity contribution in [1.82, 2.24) is 0 Å². The maximum absolute atomic E-state index is 5.90. The topological polar surface area (TPSA) is 18.5 Å². The molecule has 0 unspecified atom stereocenters. The van der Waals surface area contributed by atoms with E-state index in [0.29, 0.717) is 13.2 Å². The molecule has 15 aromatic rings. The van der Waals surface area contributed by atoms with Gasteiger partial charge in [0.05, 0.1) is 13.2 Å². The fourth-order valence-corrected chi connectivity index (χ4v) is 16.1. The van der Waals surface area contributed by atoms with Crippen LogP contribution in [0.3, 0.4) is 0 Å². The Bertz CT molecular complexity index is 5320. The molecule has 0 N–H and O–H groups in total. The Morgan fingerprint density at radius 2 is 0.422 bits per heavy atom. The number of fused-ring (bicyclic) bond motifs is 12. The summed E-state index contributed by atoms with van der Waals surface area (Å²) in [5, 5.41) is 15.0. The monoisotopic (exact) mass is 1150 g/mol. The minimum absolute atomic E-state index is 0.233. The molecule has 0 radical (unpaired) electrons. The van der Waals surface area contributed by atoms with Gasteiger partial charge in [-0.05, 0) is 238 Å². The highest BCUT2D eigenvalue weighted by atomic mass is 16.5. The third-order valence-corrected chi connectivity index (χ3v) is 20.2. The van der Waals surface area contributed by atoms with Crippen LogP contribution >= 0.6 is 0 Å². The fraction of sp³-hybridized carbons (Fsp3) is 0.114. The lowest BCUT2D eigenvalue weighted by atomic mass is 9.78. The molecule has 2 aliphatic carbocycles. The predicted octanol–water partition coefficient (Wildman–Crippen LogP) is 24.0. The summed E-state index contributed by atoms with van der Waals surface area (Å²) in [4.78, 5) is 0. The second-order valence-corrected chi connectivity index (χ2v) is 25.7. The Kier molecular flexibility index (Phi) is 12.2. The van der Waals surface area contributed by atoms with Crippen LogP contribution in [0.1, 0.15) is 63.8 Å². The Morgan fingerprint density at radius 3 is 0.667 bits per heavy atom. The minimum Gasteiger partial charge on any atom is -0.494 e. The van der Waals surface area contributed by atoms with Crippen LogP contribution in [0.2, 0.25) is 0 Å². The average molecular weight is 1160 g/mol. The molecular weight excluding hydrogens is 1090 g/mol. The van der Waals surface area contributed by atoms with Gasteiger partial charge in [0.15, 0.2) is 0 Å². The van der Waals surface area contributed by atoms with E-state index in [2.05, 4.69) is 295 Å². The molecule has 0 saturated heterocycles. The largest absolute Gasteiger partial charge is 0.494 e. The molecule has 0 atom stereocenters. The Labute approximate surface area is 526 Å². The van der Waals surface area contributed by atoms with Crippen molar-refractivity contribution in [3.8, 4) is 101 Å². The number of rotatable bonds is 10. The van der Waals surface area contributed by atoms with Crippen LogP contribution in [0.5, 0.6) is 11.5 Å². The first-order valence-electron chi connectivity index (χ1n) is 32.0. The van der Waals surface area contributed by atoms with E-state index in [0.717, 1.165) is 11.5 Å². The van der Waals surface area contributed by atoms with Crippen LogP contribution < -0.4 is 9.47 Å². The quantitative estimate of drug-likeness (QED) is 0.127. The van der Waals surface area contributed by atoms with Gasteiger partial charge in [-0.25, -0.2) is 0 Å². The second kappa shape index (κ2) is 20.5. The van der Waals surface area contributed by atoms with Gasteiger partial charge in [-0.3, -0.25) is 0 Å². The van der Waals surface area contributed by atoms with Crippen LogP contribution in [-0.4, -0.2) is 13.2 Å². The molecule has 2 nitrogen and oxygen atoms in total. The molecule has 0 aromatic heterocycles. The van der Waals surface area contributed by atoms with Crippen LogP contribution in [0.25, 0.3) is 154 Å². The summed E-state index contributed by atoms with van der Waals surface area (Å²) >= 11 is 0. The lowest BCUT2D eigenvalue weighted by Gasteiger charge is -2.24. The normalized spacial score (nSPS) is 13.5. The zero-order chi connectivity index (χ0) is 60.6. The zero-order valence-corrected chi connectivity index (χ0v) is 51.6. The van der Waals surface area contributed by atoms with Crippen molar-refractivity contribution in [3.05, 3.63) is 289 Å². The fourth-order valence-electron chi connectivity index (χ4n) is 16.1. The van der Waals surface area contributed by atoms with Gasteiger partial charge >= 0.3 is 0 Å². The molecule has 430 valence electrons. The molecule has 0 amide bonds. The first kappa shape index (κ1) is 53.7. The van der Waals surface area contributed by atoms with Gasteiger partial charge < -0.3 is 9.47 Å². The summed E-state index contributed by atoms with van der Waals surface area (Å²) < 4.78 is 11.8. The van der Waals surface area contributed by atoms with Gasteiger partial charge in [0, 0.05) is 10.8 Å². The number of ether oxygens (including phenoxy) is 2. The van der Waals surface area contributed by atoms with Crippen LogP contribution in [0, 0.1) is 0 Å². The van der Waals surface area contributed by atoms with Crippen LogP contribution in [0.15, 0.2) is 267 Å². The van der Waals surface area contributed by atoms with Gasteiger partial charge in [0.2, 0.25) is 0 Å².